The van der Waals surface area contributed by atoms with E-state index >= 15 is 0 Å². The summed E-state index contributed by atoms with van der Waals surface area (Å²) in [5, 5.41) is 0. The summed E-state index contributed by atoms with van der Waals surface area (Å²) in [6.07, 6.45) is 5.71. The van der Waals surface area contributed by atoms with E-state index in [4.69, 9.17) is 4.74 Å². The Morgan fingerprint density at radius 2 is 2.00 bits per heavy atom. The van der Waals surface area contributed by atoms with Crippen LogP contribution in [0, 0.1) is 0 Å². The third-order valence-corrected chi connectivity index (χ3v) is 4.57. The third-order valence-electron chi connectivity index (χ3n) is 3.81. The molecule has 0 bridgehead atoms. The molecule has 1 fully saturated rings. The number of hydrogen-bond acceptors (Lipinski definition) is 4. The van der Waals surface area contributed by atoms with Crippen LogP contribution in [0.2, 0.25) is 0 Å². The second-order valence-electron chi connectivity index (χ2n) is 5.79. The second kappa shape index (κ2) is 8.30. The molecule has 1 aromatic rings. The number of likely N-dealkylation sites (tertiary alicyclic amines) is 1. The summed E-state index contributed by atoms with van der Waals surface area (Å²) in [5.41, 5.74) is 0.862. The Kier molecular flexibility index (Phi) is 6.39. The monoisotopic (exact) mass is 352 g/mol. The summed E-state index contributed by atoms with van der Waals surface area (Å²) >= 11 is 0. The highest BCUT2D eigenvalue weighted by atomic mass is 32.2. The van der Waals surface area contributed by atoms with Crippen molar-refractivity contribution >= 4 is 22.0 Å². The second-order valence-corrected chi connectivity index (χ2v) is 7.57. The van der Waals surface area contributed by atoms with E-state index in [1.807, 2.05) is 31.2 Å². The Labute approximate surface area is 143 Å². The number of amides is 1. The molecule has 1 aliphatic heterocycles. The molecule has 0 radical (unpaired) electrons. The van der Waals surface area contributed by atoms with E-state index in [9.17, 15) is 13.2 Å². The maximum Gasteiger partial charge on any atom is 0.246 e. The summed E-state index contributed by atoms with van der Waals surface area (Å²) in [6.45, 7) is 3.58. The van der Waals surface area contributed by atoms with Crippen molar-refractivity contribution in [3.63, 3.8) is 0 Å². The van der Waals surface area contributed by atoms with E-state index in [1.165, 1.54) is 0 Å². The summed E-state index contributed by atoms with van der Waals surface area (Å²) < 4.78 is 30.6. The molecular weight excluding hydrogens is 328 g/mol. The number of rotatable bonds is 6. The van der Waals surface area contributed by atoms with Crippen LogP contribution in [0.15, 0.2) is 30.3 Å². The van der Waals surface area contributed by atoms with Crippen LogP contribution in [0.3, 0.4) is 0 Å². The molecule has 7 heteroatoms. The Morgan fingerprint density at radius 1 is 1.33 bits per heavy atom. The van der Waals surface area contributed by atoms with Gasteiger partial charge in [-0.1, -0.05) is 18.2 Å². The Bertz CT molecular complexity index is 692. The van der Waals surface area contributed by atoms with Gasteiger partial charge in [-0.05, 0) is 31.9 Å². The Hall–Kier alpha value is -1.86. The fourth-order valence-corrected chi connectivity index (χ4v) is 3.53. The number of piperidine rings is 1. The fraction of sp³-hybridized carbons (Fsp3) is 0.471. The van der Waals surface area contributed by atoms with Crippen LogP contribution in [-0.2, 0) is 14.8 Å². The number of hydrogen-bond donors (Lipinski definition) is 1. The molecule has 1 saturated heterocycles. The lowest BCUT2D eigenvalue weighted by Crippen LogP contribution is -2.45. The fourth-order valence-electron chi connectivity index (χ4n) is 2.69. The van der Waals surface area contributed by atoms with E-state index in [0.29, 0.717) is 32.5 Å². The molecule has 2 rings (SSSR count). The molecule has 1 amide bonds. The molecule has 1 N–H and O–H groups in total. The predicted octanol–water partition coefficient (Wildman–Crippen LogP) is 1.64. The molecule has 0 saturated carbocycles. The molecule has 0 unspecified atom stereocenters. The van der Waals surface area contributed by atoms with Crippen molar-refractivity contribution in [3.8, 4) is 5.75 Å². The lowest BCUT2D eigenvalue weighted by molar-refractivity contribution is -0.126. The van der Waals surface area contributed by atoms with Crippen LogP contribution in [0.25, 0.3) is 6.08 Å². The predicted molar refractivity (Wildman–Crippen MR) is 94.2 cm³/mol. The molecule has 0 aliphatic carbocycles. The quantitative estimate of drug-likeness (QED) is 0.790. The van der Waals surface area contributed by atoms with E-state index < -0.39 is 10.0 Å². The van der Waals surface area contributed by atoms with Crippen LogP contribution in [-0.4, -0.2) is 51.2 Å². The topological polar surface area (TPSA) is 75.7 Å². The summed E-state index contributed by atoms with van der Waals surface area (Å²) in [4.78, 5) is 14.0. The molecule has 0 aromatic heterocycles. The maximum atomic E-state index is 12.3. The van der Waals surface area contributed by atoms with Crippen LogP contribution in [0.1, 0.15) is 25.3 Å². The minimum atomic E-state index is -3.20. The van der Waals surface area contributed by atoms with Crippen molar-refractivity contribution in [2.75, 3.05) is 26.0 Å². The summed E-state index contributed by atoms with van der Waals surface area (Å²) in [7, 11) is -3.20. The van der Waals surface area contributed by atoms with Gasteiger partial charge in [0.25, 0.3) is 0 Å². The summed E-state index contributed by atoms with van der Waals surface area (Å²) in [6, 6.07) is 7.47. The number of nitrogens with zero attached hydrogens (tertiary/aromatic N) is 1. The first-order chi connectivity index (χ1) is 11.4. The van der Waals surface area contributed by atoms with E-state index in [1.54, 1.807) is 17.1 Å². The third kappa shape index (κ3) is 5.65. The number of nitrogens with one attached hydrogen (secondary N) is 1. The highest BCUT2D eigenvalue weighted by molar-refractivity contribution is 7.88. The molecule has 6 nitrogen and oxygen atoms in total. The van der Waals surface area contributed by atoms with E-state index in [-0.39, 0.29) is 11.9 Å². The van der Waals surface area contributed by atoms with Gasteiger partial charge in [-0.3, -0.25) is 4.79 Å². The smallest absolute Gasteiger partial charge is 0.246 e. The zero-order valence-corrected chi connectivity index (χ0v) is 14.9. The average molecular weight is 352 g/mol. The van der Waals surface area contributed by atoms with Crippen molar-refractivity contribution in [1.82, 2.24) is 9.62 Å². The van der Waals surface area contributed by atoms with Crippen LogP contribution >= 0.6 is 0 Å². The highest BCUT2D eigenvalue weighted by Crippen LogP contribution is 2.20. The van der Waals surface area contributed by atoms with Gasteiger partial charge in [0.2, 0.25) is 15.9 Å². The van der Waals surface area contributed by atoms with Gasteiger partial charge in [0.1, 0.15) is 5.75 Å². The highest BCUT2D eigenvalue weighted by Gasteiger charge is 2.23. The molecular formula is C17H24N2O4S. The molecule has 132 valence electrons. The normalized spacial score (nSPS) is 16.5. The van der Waals surface area contributed by atoms with Crippen molar-refractivity contribution in [3.05, 3.63) is 35.9 Å². The number of carbonyl (C=O) groups excluding carboxylic acids is 1. The number of ether oxygens (including phenoxy) is 1. The standard InChI is InChI=1S/C17H24N2O4S/c1-3-23-16-7-5-4-6-14(16)8-9-17(20)19-12-10-15(11-13-19)18-24(2,21)22/h4-9,15,18H,3,10-13H2,1-2H3/b9-8+. The molecule has 0 spiro atoms. The lowest BCUT2D eigenvalue weighted by Gasteiger charge is -2.31. The van der Waals surface area contributed by atoms with E-state index in [0.717, 1.165) is 17.6 Å². The molecule has 1 aliphatic rings. The number of carbonyl (C=O) groups is 1. The van der Waals surface area contributed by atoms with Crippen molar-refractivity contribution < 1.29 is 17.9 Å². The Morgan fingerprint density at radius 3 is 2.62 bits per heavy atom. The zero-order chi connectivity index (χ0) is 17.6. The van der Waals surface area contributed by atoms with Gasteiger partial charge in [0.05, 0.1) is 12.9 Å². The van der Waals surface area contributed by atoms with Crippen LogP contribution < -0.4 is 9.46 Å². The first-order valence-electron chi connectivity index (χ1n) is 8.05. The average Bonchev–Trinajstić information content (AvgIpc) is 2.53. The van der Waals surface area contributed by atoms with Crippen molar-refractivity contribution in [1.29, 1.82) is 0 Å². The summed E-state index contributed by atoms with van der Waals surface area (Å²) in [5.74, 6) is 0.680. The van der Waals surface area contributed by atoms with Crippen LogP contribution in [0.4, 0.5) is 0 Å². The van der Waals surface area contributed by atoms with Gasteiger partial charge in [-0.25, -0.2) is 13.1 Å². The molecule has 0 atom stereocenters. The molecule has 1 aromatic carbocycles. The SMILES string of the molecule is CCOc1ccccc1/C=C/C(=O)N1CCC(NS(C)(=O)=O)CC1. The first-order valence-corrected chi connectivity index (χ1v) is 9.94. The molecule has 1 heterocycles. The maximum absolute atomic E-state index is 12.3. The van der Waals surface area contributed by atoms with Gasteiger partial charge in [0, 0.05) is 30.8 Å². The zero-order valence-electron chi connectivity index (χ0n) is 14.1. The Balaban J connectivity index is 1.92. The van der Waals surface area contributed by atoms with Gasteiger partial charge in [0.15, 0.2) is 0 Å². The van der Waals surface area contributed by atoms with Crippen LogP contribution in [0.5, 0.6) is 5.75 Å². The van der Waals surface area contributed by atoms with Gasteiger partial charge in [-0.15, -0.1) is 0 Å². The first kappa shape index (κ1) is 18.5. The van der Waals surface area contributed by atoms with Gasteiger partial charge < -0.3 is 9.64 Å². The minimum Gasteiger partial charge on any atom is -0.493 e. The van der Waals surface area contributed by atoms with Gasteiger partial charge >= 0.3 is 0 Å². The van der Waals surface area contributed by atoms with Gasteiger partial charge in [-0.2, -0.15) is 0 Å². The van der Waals surface area contributed by atoms with E-state index in [2.05, 4.69) is 4.72 Å². The number of sulfonamides is 1. The van der Waals surface area contributed by atoms with Crippen molar-refractivity contribution in [2.45, 2.75) is 25.8 Å². The van der Waals surface area contributed by atoms with Crippen molar-refractivity contribution in [2.24, 2.45) is 0 Å². The molecule has 24 heavy (non-hydrogen) atoms. The largest absolute Gasteiger partial charge is 0.493 e. The number of benzene rings is 1. The lowest BCUT2D eigenvalue weighted by atomic mass is 10.1. The number of para-hydroxylation sites is 1. The minimum absolute atomic E-state index is 0.0703.